The molecule has 0 heterocycles. The number of carbonyl (C=O) groups is 2. The Morgan fingerprint density at radius 3 is 1.38 bits per heavy atom. The van der Waals surface area contributed by atoms with Crippen molar-refractivity contribution in [3.05, 3.63) is 60.8 Å². The average molecular weight is 1020 g/mol. The molecule has 0 fully saturated rings. The number of likely N-dealkylation sites (N-methyl/N-ethyl adjacent to an activating group) is 1. The van der Waals surface area contributed by atoms with Gasteiger partial charge in [-0.05, 0) is 76.7 Å². The van der Waals surface area contributed by atoms with E-state index in [0.717, 1.165) is 77.0 Å². The number of phosphoric acid groups is 1. The van der Waals surface area contributed by atoms with Crippen LogP contribution in [-0.4, -0.2) is 74.3 Å². The van der Waals surface area contributed by atoms with E-state index in [0.29, 0.717) is 23.9 Å². The number of phosphoric ester groups is 1. The fourth-order valence-electron chi connectivity index (χ4n) is 8.41. The first-order chi connectivity index (χ1) is 34.4. The summed E-state index contributed by atoms with van der Waals surface area (Å²) < 4.78 is 30.6. The number of carbonyl (C=O) groups excluding carboxylic acids is 2. The molecule has 2 N–H and O–H groups in total. The van der Waals surface area contributed by atoms with Gasteiger partial charge in [-0.2, -0.15) is 0 Å². The van der Waals surface area contributed by atoms with Crippen molar-refractivity contribution < 1.29 is 37.3 Å². The zero-order valence-electron chi connectivity index (χ0n) is 47.2. The van der Waals surface area contributed by atoms with Gasteiger partial charge in [-0.15, -0.1) is 0 Å². The van der Waals surface area contributed by atoms with E-state index < -0.39 is 20.0 Å². The average Bonchev–Trinajstić information content (AvgIpc) is 3.33. The molecule has 0 aromatic rings. The summed E-state index contributed by atoms with van der Waals surface area (Å²) in [6.45, 7) is 6.87. The second-order valence-corrected chi connectivity index (χ2v) is 22.7. The summed E-state index contributed by atoms with van der Waals surface area (Å²) in [5, 5.41) is 3.05. The molecule has 0 saturated heterocycles. The maximum Gasteiger partial charge on any atom is 0.472 e. The van der Waals surface area contributed by atoms with Crippen LogP contribution in [0.15, 0.2) is 60.8 Å². The zero-order valence-corrected chi connectivity index (χ0v) is 48.1. The van der Waals surface area contributed by atoms with Crippen molar-refractivity contribution in [2.75, 3.05) is 40.9 Å². The summed E-state index contributed by atoms with van der Waals surface area (Å²) in [7, 11) is 1.48. The third kappa shape index (κ3) is 52.4. The molecule has 0 aromatic carbocycles. The van der Waals surface area contributed by atoms with E-state index in [1.165, 1.54) is 148 Å². The predicted molar refractivity (Wildman–Crippen MR) is 305 cm³/mol. The van der Waals surface area contributed by atoms with Crippen LogP contribution in [0.1, 0.15) is 265 Å². The Balaban J connectivity index is 5.31. The van der Waals surface area contributed by atoms with Crippen LogP contribution in [0.3, 0.4) is 0 Å². The lowest BCUT2D eigenvalue weighted by Crippen LogP contribution is -2.47. The monoisotopic (exact) mass is 1020 g/mol. The van der Waals surface area contributed by atoms with Gasteiger partial charge >= 0.3 is 13.8 Å². The Labute approximate surface area is 439 Å². The highest BCUT2D eigenvalue weighted by Crippen LogP contribution is 2.43. The number of ether oxygens (including phenoxy) is 1. The van der Waals surface area contributed by atoms with Gasteiger partial charge in [0, 0.05) is 12.8 Å². The summed E-state index contributed by atoms with van der Waals surface area (Å²) in [5.74, 6) is -0.528. The number of amides is 1. The number of hydrogen-bond donors (Lipinski definition) is 2. The lowest BCUT2D eigenvalue weighted by atomic mass is 10.0. The van der Waals surface area contributed by atoms with E-state index in [9.17, 15) is 19.0 Å². The van der Waals surface area contributed by atoms with Crippen LogP contribution in [-0.2, 0) is 27.9 Å². The van der Waals surface area contributed by atoms with Crippen LogP contribution in [0, 0.1) is 0 Å². The quantitative estimate of drug-likeness (QED) is 0.0156. The molecular formula is C61H114N2O7P+. The number of allylic oxidation sites excluding steroid dienone is 9. The zero-order chi connectivity index (χ0) is 52.2. The van der Waals surface area contributed by atoms with Crippen molar-refractivity contribution in [3.63, 3.8) is 0 Å². The number of nitrogens with one attached hydrogen (secondary N) is 1. The van der Waals surface area contributed by atoms with Gasteiger partial charge in [0.25, 0.3) is 0 Å². The Hall–Kier alpha value is -2.29. The summed E-state index contributed by atoms with van der Waals surface area (Å²) >= 11 is 0. The number of hydrogen-bond acceptors (Lipinski definition) is 6. The maximum atomic E-state index is 13.5. The number of esters is 1. The second kappa shape index (κ2) is 51.2. The van der Waals surface area contributed by atoms with Gasteiger partial charge in [0.1, 0.15) is 19.3 Å². The minimum Gasteiger partial charge on any atom is -0.456 e. The molecule has 71 heavy (non-hydrogen) atoms. The van der Waals surface area contributed by atoms with Gasteiger partial charge in [0.05, 0.1) is 33.8 Å². The fourth-order valence-corrected chi connectivity index (χ4v) is 9.14. The fraction of sp³-hybridized carbons (Fsp3) is 0.803. The Bertz CT molecular complexity index is 1400. The molecule has 0 rings (SSSR count). The van der Waals surface area contributed by atoms with E-state index in [2.05, 4.69) is 74.7 Å². The minimum absolute atomic E-state index is 0.0353. The number of rotatable bonds is 53. The molecule has 3 atom stereocenters. The standard InChI is InChI=1S/C61H113N2O7P/c1-7-10-13-16-19-22-25-28-29-30-31-32-33-36-38-41-44-47-50-53-60(64)62-58(57-69-71(66,67)68-56-55-63(4,5)6)59(52-49-46-43-40-37-34-26-23-20-17-14-11-8-2)70-61(65)54-51-48-45-42-39-35-27-24-21-18-15-12-9-3/h12,15,18,21,24,27-29,49,52,58-59H,7-11,13-14,16-17,19-20,22-23,25-26,30-48,50-51,53-57H2,1-6H3,(H-,62,64,66,67)/p+1/b15-12+,21-18+,27-24-,29-28+,52-49-. The number of quaternary nitrogens is 1. The normalized spacial score (nSPS) is 14.2. The molecule has 9 nitrogen and oxygen atoms in total. The summed E-state index contributed by atoms with van der Waals surface area (Å²) in [6.07, 6.45) is 63.6. The molecule has 0 aromatic heterocycles. The molecule has 3 unspecified atom stereocenters. The SMILES string of the molecule is CC/C=C/C=C/C=C\CCCCCCCC(=O)OC(/C=C\CCCCCCCCCCCCC)C(COP(=O)(O)OCC[N+](C)(C)C)NC(=O)CCCCCCCCCCC/C=C/CCCCCCCC. The van der Waals surface area contributed by atoms with E-state index in [1.807, 2.05) is 33.3 Å². The highest BCUT2D eigenvalue weighted by Gasteiger charge is 2.30. The largest absolute Gasteiger partial charge is 0.472 e. The van der Waals surface area contributed by atoms with Crippen LogP contribution in [0.5, 0.6) is 0 Å². The third-order valence-electron chi connectivity index (χ3n) is 13.0. The van der Waals surface area contributed by atoms with Crippen molar-refractivity contribution in [2.45, 2.75) is 277 Å². The van der Waals surface area contributed by atoms with E-state index in [1.54, 1.807) is 0 Å². The topological polar surface area (TPSA) is 111 Å². The third-order valence-corrected chi connectivity index (χ3v) is 14.0. The van der Waals surface area contributed by atoms with Gasteiger partial charge in [-0.25, -0.2) is 4.57 Å². The first-order valence-electron chi connectivity index (χ1n) is 29.6. The smallest absolute Gasteiger partial charge is 0.456 e. The van der Waals surface area contributed by atoms with Crippen LogP contribution in [0.4, 0.5) is 0 Å². The summed E-state index contributed by atoms with van der Waals surface area (Å²) in [5.41, 5.74) is 0. The van der Waals surface area contributed by atoms with E-state index in [-0.39, 0.29) is 31.5 Å². The summed E-state index contributed by atoms with van der Waals surface area (Å²) in [4.78, 5) is 37.6. The van der Waals surface area contributed by atoms with Crippen LogP contribution in [0.2, 0.25) is 0 Å². The number of unbranched alkanes of at least 4 members (excludes halogenated alkanes) is 31. The molecule has 0 aliphatic heterocycles. The predicted octanol–water partition coefficient (Wildman–Crippen LogP) is 17.9. The molecule has 1 amide bonds. The van der Waals surface area contributed by atoms with Gasteiger partial charge in [-0.3, -0.25) is 18.6 Å². The minimum atomic E-state index is -4.45. The second-order valence-electron chi connectivity index (χ2n) is 21.2. The molecule has 0 bridgehead atoms. The van der Waals surface area contributed by atoms with Crippen LogP contribution < -0.4 is 5.32 Å². The first-order valence-corrected chi connectivity index (χ1v) is 31.1. The van der Waals surface area contributed by atoms with Gasteiger partial charge in [0.15, 0.2) is 0 Å². The Morgan fingerprint density at radius 2 is 0.915 bits per heavy atom. The van der Waals surface area contributed by atoms with E-state index in [4.69, 9.17) is 13.8 Å². The molecule has 0 aliphatic rings. The number of nitrogens with zero attached hydrogens (tertiary/aromatic N) is 1. The van der Waals surface area contributed by atoms with Crippen molar-refractivity contribution >= 4 is 19.7 Å². The molecule has 414 valence electrons. The molecular weight excluding hydrogens is 904 g/mol. The molecule has 0 radical (unpaired) electrons. The van der Waals surface area contributed by atoms with Crippen LogP contribution in [0.25, 0.3) is 0 Å². The van der Waals surface area contributed by atoms with Gasteiger partial charge in [-0.1, -0.05) is 236 Å². The molecule has 10 heteroatoms. The first kappa shape index (κ1) is 68.7. The van der Waals surface area contributed by atoms with Gasteiger partial charge < -0.3 is 19.4 Å². The van der Waals surface area contributed by atoms with Crippen molar-refractivity contribution in [1.82, 2.24) is 5.32 Å². The van der Waals surface area contributed by atoms with Crippen molar-refractivity contribution in [1.29, 1.82) is 0 Å². The van der Waals surface area contributed by atoms with Crippen molar-refractivity contribution in [2.24, 2.45) is 0 Å². The lowest BCUT2D eigenvalue weighted by Gasteiger charge is -2.27. The Kier molecular flexibility index (Phi) is 49.6. The highest BCUT2D eigenvalue weighted by atomic mass is 31.2. The van der Waals surface area contributed by atoms with Gasteiger partial charge in [0.2, 0.25) is 5.91 Å². The van der Waals surface area contributed by atoms with Crippen LogP contribution >= 0.6 is 7.82 Å². The lowest BCUT2D eigenvalue weighted by molar-refractivity contribution is -0.870. The molecule has 0 aliphatic carbocycles. The van der Waals surface area contributed by atoms with E-state index >= 15 is 0 Å². The maximum absolute atomic E-state index is 13.5. The Morgan fingerprint density at radius 1 is 0.507 bits per heavy atom. The summed E-state index contributed by atoms with van der Waals surface area (Å²) in [6, 6.07) is -0.858. The molecule has 0 spiro atoms. The highest BCUT2D eigenvalue weighted by molar-refractivity contribution is 7.47. The van der Waals surface area contributed by atoms with Crippen molar-refractivity contribution in [3.8, 4) is 0 Å². The molecule has 0 saturated carbocycles.